The summed E-state index contributed by atoms with van der Waals surface area (Å²) in [5.74, 6) is 12.5. The standard InChI is InChI=1S/2C16H12F3N/c2*1-10-3-2-4-13-12(8-7-11-5-6-11)9-14(16(17,18)19)20-15(10)13/h2*2-4,9,11H,5-6H2,1H3. The van der Waals surface area contributed by atoms with Gasteiger partial charge >= 0.3 is 12.4 Å². The molecule has 204 valence electrons. The number of hydrogen-bond donors (Lipinski definition) is 0. The molecule has 4 aromatic rings. The zero-order chi connectivity index (χ0) is 28.7. The van der Waals surface area contributed by atoms with E-state index in [1.165, 1.54) is 0 Å². The highest BCUT2D eigenvalue weighted by Crippen LogP contribution is 2.34. The van der Waals surface area contributed by atoms with E-state index in [1.807, 2.05) is 12.1 Å². The van der Waals surface area contributed by atoms with Crippen LogP contribution in [-0.2, 0) is 12.4 Å². The summed E-state index contributed by atoms with van der Waals surface area (Å²) < 4.78 is 77.6. The van der Waals surface area contributed by atoms with Crippen LogP contribution < -0.4 is 0 Å². The predicted octanol–water partition coefficient (Wildman–Crippen LogP) is 8.65. The largest absolute Gasteiger partial charge is 0.433 e. The lowest BCUT2D eigenvalue weighted by Gasteiger charge is -2.10. The first kappa shape index (κ1) is 27.5. The lowest BCUT2D eigenvalue weighted by Crippen LogP contribution is -2.09. The molecular formula is C32H24F6N2. The van der Waals surface area contributed by atoms with Crippen molar-refractivity contribution < 1.29 is 26.3 Å². The zero-order valence-corrected chi connectivity index (χ0v) is 21.8. The first-order valence-electron chi connectivity index (χ1n) is 12.9. The molecule has 2 aromatic heterocycles. The molecule has 2 heterocycles. The second-order valence-electron chi connectivity index (χ2n) is 10.1. The molecule has 0 spiro atoms. The Kier molecular flexibility index (Phi) is 7.23. The summed E-state index contributed by atoms with van der Waals surface area (Å²) in [6.07, 6.45) is -4.73. The minimum Gasteiger partial charge on any atom is -0.243 e. The quantitative estimate of drug-likeness (QED) is 0.162. The fraction of sp³-hybridized carbons (Fsp3) is 0.312. The van der Waals surface area contributed by atoms with E-state index in [0.29, 0.717) is 44.8 Å². The maximum absolute atomic E-state index is 12.9. The Bertz CT molecular complexity index is 1590. The van der Waals surface area contributed by atoms with Crippen molar-refractivity contribution in [2.24, 2.45) is 11.8 Å². The van der Waals surface area contributed by atoms with E-state index in [4.69, 9.17) is 0 Å². The van der Waals surface area contributed by atoms with E-state index in [1.54, 1.807) is 38.1 Å². The summed E-state index contributed by atoms with van der Waals surface area (Å²) in [5.41, 5.74) is 1.28. The average Bonchev–Trinajstić information content (AvgIpc) is 3.81. The fourth-order valence-electron chi connectivity index (χ4n) is 4.10. The van der Waals surface area contributed by atoms with Gasteiger partial charge in [0.1, 0.15) is 11.4 Å². The van der Waals surface area contributed by atoms with Crippen molar-refractivity contribution in [3.63, 3.8) is 0 Å². The Morgan fingerprint density at radius 1 is 0.625 bits per heavy atom. The van der Waals surface area contributed by atoms with E-state index >= 15 is 0 Å². The van der Waals surface area contributed by atoms with Gasteiger partial charge < -0.3 is 0 Å². The van der Waals surface area contributed by atoms with Crippen LogP contribution in [0.2, 0.25) is 0 Å². The summed E-state index contributed by atoms with van der Waals surface area (Å²) in [5, 5.41) is 1.37. The smallest absolute Gasteiger partial charge is 0.243 e. The number of pyridine rings is 2. The molecule has 0 radical (unpaired) electrons. The van der Waals surface area contributed by atoms with Gasteiger partial charge in [-0.15, -0.1) is 0 Å². The number of nitrogens with zero attached hydrogens (tertiary/aromatic N) is 2. The topological polar surface area (TPSA) is 25.8 Å². The fourth-order valence-corrected chi connectivity index (χ4v) is 4.10. The number of rotatable bonds is 0. The minimum atomic E-state index is -4.45. The van der Waals surface area contributed by atoms with E-state index in [9.17, 15) is 26.3 Å². The summed E-state index contributed by atoms with van der Waals surface area (Å²) in [6.45, 7) is 3.52. The van der Waals surface area contributed by atoms with E-state index in [0.717, 1.165) is 48.9 Å². The molecule has 40 heavy (non-hydrogen) atoms. The normalized spacial score (nSPS) is 15.0. The van der Waals surface area contributed by atoms with Gasteiger partial charge in [-0.1, -0.05) is 60.1 Å². The second-order valence-corrected chi connectivity index (χ2v) is 10.1. The maximum Gasteiger partial charge on any atom is 0.433 e. The molecule has 0 saturated heterocycles. The lowest BCUT2D eigenvalue weighted by molar-refractivity contribution is -0.141. The Balaban J connectivity index is 0.000000161. The Morgan fingerprint density at radius 3 is 1.32 bits per heavy atom. The molecule has 2 aromatic carbocycles. The lowest BCUT2D eigenvalue weighted by atomic mass is 10.0. The van der Waals surface area contributed by atoms with E-state index in [2.05, 4.69) is 33.6 Å². The zero-order valence-electron chi connectivity index (χ0n) is 21.8. The Hall–Kier alpha value is -4.04. The van der Waals surface area contributed by atoms with Crippen molar-refractivity contribution in [2.45, 2.75) is 51.9 Å². The first-order valence-corrected chi connectivity index (χ1v) is 12.9. The van der Waals surface area contributed by atoms with Crippen LogP contribution in [0.3, 0.4) is 0 Å². The first-order chi connectivity index (χ1) is 18.9. The van der Waals surface area contributed by atoms with Crippen molar-refractivity contribution in [1.82, 2.24) is 9.97 Å². The van der Waals surface area contributed by atoms with Crippen molar-refractivity contribution >= 4 is 21.8 Å². The van der Waals surface area contributed by atoms with Crippen molar-refractivity contribution in [3.05, 3.63) is 82.2 Å². The van der Waals surface area contributed by atoms with Crippen LogP contribution >= 0.6 is 0 Å². The van der Waals surface area contributed by atoms with Crippen LogP contribution in [0.15, 0.2) is 48.5 Å². The van der Waals surface area contributed by atoms with E-state index in [-0.39, 0.29) is 0 Å². The van der Waals surface area contributed by atoms with Gasteiger partial charge in [0.25, 0.3) is 0 Å². The maximum atomic E-state index is 12.9. The van der Waals surface area contributed by atoms with E-state index < -0.39 is 23.7 Å². The molecule has 6 rings (SSSR count). The van der Waals surface area contributed by atoms with Gasteiger partial charge in [-0.25, -0.2) is 9.97 Å². The highest BCUT2D eigenvalue weighted by atomic mass is 19.4. The third-order valence-electron chi connectivity index (χ3n) is 6.64. The van der Waals surface area contributed by atoms with Crippen LogP contribution in [-0.4, -0.2) is 9.97 Å². The molecule has 0 bridgehead atoms. The number of hydrogen-bond acceptors (Lipinski definition) is 2. The predicted molar refractivity (Wildman–Crippen MR) is 142 cm³/mol. The van der Waals surface area contributed by atoms with Crippen molar-refractivity contribution in [2.75, 3.05) is 0 Å². The molecular weight excluding hydrogens is 526 g/mol. The summed E-state index contributed by atoms with van der Waals surface area (Å²) in [4.78, 5) is 7.51. The monoisotopic (exact) mass is 550 g/mol. The Morgan fingerprint density at radius 2 is 1.00 bits per heavy atom. The van der Waals surface area contributed by atoms with Gasteiger partial charge in [0, 0.05) is 33.7 Å². The van der Waals surface area contributed by atoms with Crippen LogP contribution in [0, 0.1) is 49.4 Å². The second kappa shape index (κ2) is 10.5. The minimum absolute atomic E-state index is 0.345. The number of alkyl halides is 6. The number of aromatic nitrogens is 2. The van der Waals surface area contributed by atoms with Gasteiger partial charge in [-0.05, 0) is 62.8 Å². The van der Waals surface area contributed by atoms with Crippen LogP contribution in [0.25, 0.3) is 21.8 Å². The SMILES string of the molecule is Cc1cccc2c(C#CC3CC3)cc(C(F)(F)F)nc12.Cc1cccc2c(C#CC3CC3)cc(C(F)(F)F)nc12. The van der Waals surface area contributed by atoms with Crippen LogP contribution in [0.4, 0.5) is 26.3 Å². The highest BCUT2D eigenvalue weighted by molar-refractivity contribution is 5.88. The Labute approximate surface area is 227 Å². The highest BCUT2D eigenvalue weighted by Gasteiger charge is 2.34. The molecule has 0 N–H and O–H groups in total. The third-order valence-corrected chi connectivity index (χ3v) is 6.64. The van der Waals surface area contributed by atoms with Gasteiger partial charge in [-0.2, -0.15) is 26.3 Å². The molecule has 2 nitrogen and oxygen atoms in total. The van der Waals surface area contributed by atoms with Gasteiger partial charge in [-0.3, -0.25) is 0 Å². The number of fused-ring (bicyclic) bond motifs is 2. The molecule has 0 atom stereocenters. The molecule has 2 fully saturated rings. The average molecular weight is 551 g/mol. The molecule has 2 aliphatic rings. The van der Waals surface area contributed by atoms with Crippen LogP contribution in [0.5, 0.6) is 0 Å². The summed E-state index contributed by atoms with van der Waals surface area (Å²) >= 11 is 0. The van der Waals surface area contributed by atoms with Gasteiger partial charge in [0.15, 0.2) is 0 Å². The van der Waals surface area contributed by atoms with Crippen molar-refractivity contribution in [1.29, 1.82) is 0 Å². The van der Waals surface area contributed by atoms with Crippen molar-refractivity contribution in [3.8, 4) is 23.7 Å². The van der Waals surface area contributed by atoms with Gasteiger partial charge in [0.2, 0.25) is 0 Å². The molecule has 0 aliphatic heterocycles. The number of para-hydroxylation sites is 2. The molecule has 0 amide bonds. The number of halogens is 6. The summed E-state index contributed by atoms with van der Waals surface area (Å²) in [7, 11) is 0. The molecule has 2 saturated carbocycles. The molecule has 2 aliphatic carbocycles. The number of aryl methyl sites for hydroxylation is 2. The van der Waals surface area contributed by atoms with Gasteiger partial charge in [0.05, 0.1) is 11.0 Å². The third kappa shape index (κ3) is 6.39. The summed E-state index contributed by atoms with van der Waals surface area (Å²) in [6, 6.07) is 12.8. The number of benzene rings is 2. The molecule has 8 heteroatoms. The molecule has 0 unspecified atom stereocenters. The van der Waals surface area contributed by atoms with Crippen LogP contribution in [0.1, 0.15) is 59.3 Å².